The largest absolute Gasteiger partial charge is 0.468 e. The van der Waals surface area contributed by atoms with Gasteiger partial charge in [0.1, 0.15) is 5.75 Å². The molecule has 19 heavy (non-hydrogen) atoms. The van der Waals surface area contributed by atoms with Crippen molar-refractivity contribution in [1.29, 1.82) is 0 Å². The van der Waals surface area contributed by atoms with Gasteiger partial charge in [-0.25, -0.2) is 8.42 Å². The van der Waals surface area contributed by atoms with Crippen LogP contribution in [0.1, 0.15) is 45.4 Å². The molecule has 2 unspecified atom stereocenters. The molecule has 1 rings (SSSR count). The highest BCUT2D eigenvalue weighted by atomic mass is 32.2. The third-order valence-electron chi connectivity index (χ3n) is 3.62. The van der Waals surface area contributed by atoms with Gasteiger partial charge >= 0.3 is 5.97 Å². The van der Waals surface area contributed by atoms with Crippen molar-refractivity contribution in [3.05, 3.63) is 0 Å². The Balaban J connectivity index is 2.80. The maximum atomic E-state index is 12.3. The highest BCUT2D eigenvalue weighted by Crippen LogP contribution is 2.24. The first-order chi connectivity index (χ1) is 9.01. The van der Waals surface area contributed by atoms with Gasteiger partial charge in [-0.3, -0.25) is 4.79 Å². The van der Waals surface area contributed by atoms with Crippen LogP contribution >= 0.6 is 0 Å². The summed E-state index contributed by atoms with van der Waals surface area (Å²) >= 11 is 0. The molecular formula is C13H25NO4S. The van der Waals surface area contributed by atoms with Crippen molar-refractivity contribution in [3.63, 3.8) is 0 Å². The molecule has 0 aromatic rings. The van der Waals surface area contributed by atoms with Crippen molar-refractivity contribution >= 4 is 15.8 Å². The highest BCUT2D eigenvalue weighted by Gasteiger charge is 2.35. The van der Waals surface area contributed by atoms with Crippen molar-refractivity contribution in [2.24, 2.45) is 0 Å². The highest BCUT2D eigenvalue weighted by molar-refractivity contribution is 7.92. The normalized spacial score (nSPS) is 24.7. The zero-order chi connectivity index (χ0) is 14.3. The first-order valence-electron chi connectivity index (χ1n) is 7.03. The van der Waals surface area contributed by atoms with Crippen LogP contribution in [0.2, 0.25) is 0 Å². The van der Waals surface area contributed by atoms with Gasteiger partial charge in [0.05, 0.1) is 12.4 Å². The number of carbonyl (C=O) groups excluding carboxylic acids is 1. The Bertz CT molecular complexity index is 380. The van der Waals surface area contributed by atoms with E-state index >= 15 is 0 Å². The van der Waals surface area contributed by atoms with Gasteiger partial charge in [-0.2, -0.15) is 0 Å². The molecule has 0 saturated heterocycles. The standard InChI is InChI=1S/C13H25NO4S/c1-3-9-14-11-7-5-4-6-8-12(11)19(16,17)10-13(15)18-2/h11-12,14H,3-10H2,1-2H3. The summed E-state index contributed by atoms with van der Waals surface area (Å²) in [6.07, 6.45) is 5.50. The summed E-state index contributed by atoms with van der Waals surface area (Å²) in [7, 11) is -2.21. The number of rotatable bonds is 6. The van der Waals surface area contributed by atoms with Gasteiger partial charge in [-0.05, 0) is 25.8 Å². The molecule has 0 aliphatic heterocycles. The number of nitrogens with one attached hydrogen (secondary N) is 1. The first kappa shape index (κ1) is 16.4. The summed E-state index contributed by atoms with van der Waals surface area (Å²) in [5, 5.41) is 2.87. The van der Waals surface area contributed by atoms with Crippen LogP contribution in [0.5, 0.6) is 0 Å². The van der Waals surface area contributed by atoms with Crippen LogP contribution in [-0.2, 0) is 19.4 Å². The lowest BCUT2D eigenvalue weighted by Gasteiger charge is -2.25. The molecule has 5 nitrogen and oxygen atoms in total. The first-order valence-corrected chi connectivity index (χ1v) is 8.74. The number of ether oxygens (including phenoxy) is 1. The van der Waals surface area contributed by atoms with E-state index in [1.54, 1.807) is 0 Å². The number of hydrogen-bond acceptors (Lipinski definition) is 5. The molecular weight excluding hydrogens is 266 g/mol. The summed E-state index contributed by atoms with van der Waals surface area (Å²) in [5.41, 5.74) is 0. The summed E-state index contributed by atoms with van der Waals surface area (Å²) < 4.78 is 29.2. The molecule has 1 saturated carbocycles. The second-order valence-electron chi connectivity index (χ2n) is 5.12. The summed E-state index contributed by atoms with van der Waals surface area (Å²) in [4.78, 5) is 11.3. The number of methoxy groups -OCH3 is 1. The van der Waals surface area contributed by atoms with E-state index in [-0.39, 0.29) is 6.04 Å². The maximum Gasteiger partial charge on any atom is 0.320 e. The Morgan fingerprint density at radius 1 is 1.26 bits per heavy atom. The molecule has 0 heterocycles. The zero-order valence-corrected chi connectivity index (χ0v) is 12.7. The van der Waals surface area contributed by atoms with Gasteiger partial charge in [0.2, 0.25) is 0 Å². The maximum absolute atomic E-state index is 12.3. The Labute approximate surface area is 116 Å². The average Bonchev–Trinajstić information content (AvgIpc) is 2.61. The predicted molar refractivity (Wildman–Crippen MR) is 74.8 cm³/mol. The molecule has 0 bridgehead atoms. The molecule has 1 aliphatic rings. The average molecular weight is 291 g/mol. The van der Waals surface area contributed by atoms with Crippen LogP contribution in [0.25, 0.3) is 0 Å². The van der Waals surface area contributed by atoms with Crippen LogP contribution in [-0.4, -0.2) is 45.1 Å². The van der Waals surface area contributed by atoms with Crippen LogP contribution < -0.4 is 5.32 Å². The monoisotopic (exact) mass is 291 g/mol. The number of hydrogen-bond donors (Lipinski definition) is 1. The SMILES string of the molecule is CCCNC1CCCCCC1S(=O)(=O)CC(=O)OC. The van der Waals surface area contributed by atoms with Crippen molar-refractivity contribution in [2.45, 2.75) is 56.7 Å². The minimum Gasteiger partial charge on any atom is -0.468 e. The molecule has 1 aliphatic carbocycles. The van der Waals surface area contributed by atoms with Crippen molar-refractivity contribution in [2.75, 3.05) is 19.4 Å². The predicted octanol–water partition coefficient (Wildman–Crippen LogP) is 1.28. The minimum absolute atomic E-state index is 0.0305. The number of sulfone groups is 1. The lowest BCUT2D eigenvalue weighted by molar-refractivity contribution is -0.137. The second-order valence-corrected chi connectivity index (χ2v) is 7.34. The van der Waals surface area contributed by atoms with Gasteiger partial charge < -0.3 is 10.1 Å². The van der Waals surface area contributed by atoms with Gasteiger partial charge in [0, 0.05) is 6.04 Å². The second kappa shape index (κ2) is 7.85. The molecule has 2 atom stereocenters. The topological polar surface area (TPSA) is 72.5 Å². The fourth-order valence-corrected chi connectivity index (χ4v) is 4.52. The Morgan fingerprint density at radius 2 is 1.95 bits per heavy atom. The molecule has 0 spiro atoms. The van der Waals surface area contributed by atoms with E-state index < -0.39 is 26.8 Å². The number of esters is 1. The molecule has 0 aromatic carbocycles. The van der Waals surface area contributed by atoms with Gasteiger partial charge in [0.15, 0.2) is 9.84 Å². The van der Waals surface area contributed by atoms with Crippen LogP contribution in [0, 0.1) is 0 Å². The van der Waals surface area contributed by atoms with Gasteiger partial charge in [-0.1, -0.05) is 26.2 Å². The number of carbonyl (C=O) groups is 1. The van der Waals surface area contributed by atoms with Crippen LogP contribution in [0.3, 0.4) is 0 Å². The molecule has 0 amide bonds. The Hall–Kier alpha value is -0.620. The summed E-state index contributed by atoms with van der Waals surface area (Å²) in [6, 6.07) is -0.0305. The lowest BCUT2D eigenvalue weighted by atomic mass is 10.1. The van der Waals surface area contributed by atoms with E-state index in [1.165, 1.54) is 7.11 Å². The Kier molecular flexibility index (Phi) is 6.79. The zero-order valence-electron chi connectivity index (χ0n) is 11.9. The minimum atomic E-state index is -3.43. The molecule has 1 fully saturated rings. The van der Waals surface area contributed by atoms with Crippen LogP contribution in [0.15, 0.2) is 0 Å². The van der Waals surface area contributed by atoms with E-state index in [2.05, 4.69) is 17.0 Å². The van der Waals surface area contributed by atoms with Gasteiger partial charge in [0.25, 0.3) is 0 Å². The fraction of sp³-hybridized carbons (Fsp3) is 0.923. The van der Waals surface area contributed by atoms with Crippen molar-refractivity contribution in [3.8, 4) is 0 Å². The third kappa shape index (κ3) is 5.10. The van der Waals surface area contributed by atoms with Gasteiger partial charge in [-0.15, -0.1) is 0 Å². The van der Waals surface area contributed by atoms with Crippen molar-refractivity contribution in [1.82, 2.24) is 5.32 Å². The quantitative estimate of drug-likeness (QED) is 0.589. The van der Waals surface area contributed by atoms with E-state index in [4.69, 9.17) is 0 Å². The third-order valence-corrected chi connectivity index (χ3v) is 5.74. The van der Waals surface area contributed by atoms with Crippen molar-refractivity contribution < 1.29 is 17.9 Å². The lowest BCUT2D eigenvalue weighted by Crippen LogP contribution is -2.45. The molecule has 0 radical (unpaired) electrons. The van der Waals surface area contributed by atoms with Crippen LogP contribution in [0.4, 0.5) is 0 Å². The summed E-state index contributed by atoms with van der Waals surface area (Å²) in [6.45, 7) is 2.87. The molecule has 6 heteroatoms. The molecule has 1 N–H and O–H groups in total. The molecule has 112 valence electrons. The Morgan fingerprint density at radius 3 is 2.58 bits per heavy atom. The smallest absolute Gasteiger partial charge is 0.320 e. The van der Waals surface area contributed by atoms with E-state index in [1.807, 2.05) is 0 Å². The van der Waals surface area contributed by atoms with E-state index in [0.29, 0.717) is 6.42 Å². The van der Waals surface area contributed by atoms with E-state index in [9.17, 15) is 13.2 Å². The summed E-state index contributed by atoms with van der Waals surface area (Å²) in [5.74, 6) is -1.17. The molecule has 0 aromatic heterocycles. The fourth-order valence-electron chi connectivity index (χ4n) is 2.60. The van der Waals surface area contributed by atoms with E-state index in [0.717, 1.165) is 38.6 Å².